The van der Waals surface area contributed by atoms with Crippen LogP contribution in [0.15, 0.2) is 69.2 Å². The van der Waals surface area contributed by atoms with Gasteiger partial charge in [-0.25, -0.2) is 8.42 Å². The van der Waals surface area contributed by atoms with Gasteiger partial charge in [0.15, 0.2) is 16.1 Å². The van der Waals surface area contributed by atoms with Gasteiger partial charge in [-0.3, -0.25) is 14.5 Å². The van der Waals surface area contributed by atoms with Gasteiger partial charge in [0, 0.05) is 31.1 Å². The SMILES string of the molecule is O=C(CSc1ccccc1Cl)N1CCC[C@H]1c1nc(=O)c(O)c2n1CCN(CCS(=O)(=O)c1ccccc1)C2O. The maximum absolute atomic E-state index is 13.2. The minimum absolute atomic E-state index is 0.00299. The van der Waals surface area contributed by atoms with E-state index in [0.717, 1.165) is 4.90 Å². The molecule has 2 aliphatic heterocycles. The van der Waals surface area contributed by atoms with E-state index in [9.17, 15) is 28.2 Å². The average molecular weight is 605 g/mol. The summed E-state index contributed by atoms with van der Waals surface area (Å²) in [6, 6.07) is 14.8. The van der Waals surface area contributed by atoms with Crippen LogP contribution in [0.2, 0.25) is 5.02 Å². The van der Waals surface area contributed by atoms with Gasteiger partial charge in [-0.15, -0.1) is 11.8 Å². The number of sulfone groups is 1. The third-order valence-corrected chi connectivity index (χ3v) is 10.4. The van der Waals surface area contributed by atoms with Crippen molar-refractivity contribution in [2.45, 2.75) is 41.4 Å². The first kappa shape index (κ1) is 28.6. The second-order valence-electron chi connectivity index (χ2n) is 9.67. The van der Waals surface area contributed by atoms with Crippen molar-refractivity contribution in [1.82, 2.24) is 19.4 Å². The van der Waals surface area contributed by atoms with Crippen molar-refractivity contribution in [2.24, 2.45) is 0 Å². The van der Waals surface area contributed by atoms with Crippen LogP contribution in [0.3, 0.4) is 0 Å². The number of aromatic hydroxyl groups is 1. The number of aromatic nitrogens is 2. The molecule has 0 saturated carbocycles. The van der Waals surface area contributed by atoms with Crippen LogP contribution in [-0.4, -0.2) is 75.0 Å². The number of thioether (sulfide) groups is 1. The van der Waals surface area contributed by atoms with Crippen LogP contribution in [-0.2, 0) is 21.2 Å². The van der Waals surface area contributed by atoms with Crippen molar-refractivity contribution >= 4 is 39.1 Å². The number of likely N-dealkylation sites (tertiary alicyclic amines) is 1. The highest BCUT2D eigenvalue weighted by Crippen LogP contribution is 2.36. The molecule has 1 fully saturated rings. The number of halogens is 1. The van der Waals surface area contributed by atoms with Gasteiger partial charge in [0.2, 0.25) is 11.7 Å². The number of carbonyl (C=O) groups excluding carboxylic acids is 1. The maximum Gasteiger partial charge on any atom is 0.315 e. The molecule has 13 heteroatoms. The molecule has 10 nitrogen and oxygen atoms in total. The molecule has 1 amide bonds. The van der Waals surface area contributed by atoms with Crippen molar-refractivity contribution in [2.75, 3.05) is 31.1 Å². The Morgan fingerprint density at radius 1 is 1.07 bits per heavy atom. The number of aliphatic hydroxyl groups is 1. The molecular formula is C27H29ClN4O6S2. The Bertz CT molecular complexity index is 1570. The van der Waals surface area contributed by atoms with E-state index in [4.69, 9.17) is 11.6 Å². The van der Waals surface area contributed by atoms with E-state index in [2.05, 4.69) is 4.98 Å². The molecule has 2 aliphatic rings. The minimum atomic E-state index is -3.60. The van der Waals surface area contributed by atoms with Crippen molar-refractivity contribution in [3.05, 3.63) is 81.5 Å². The topological polar surface area (TPSA) is 133 Å². The van der Waals surface area contributed by atoms with E-state index in [1.807, 2.05) is 18.2 Å². The Labute approximate surface area is 241 Å². The summed E-state index contributed by atoms with van der Waals surface area (Å²) in [5.74, 6) is -0.598. The molecule has 0 radical (unpaired) electrons. The summed E-state index contributed by atoms with van der Waals surface area (Å²) in [6.07, 6.45) is -0.130. The monoisotopic (exact) mass is 604 g/mol. The third kappa shape index (κ3) is 5.77. The molecule has 1 unspecified atom stereocenters. The highest BCUT2D eigenvalue weighted by molar-refractivity contribution is 8.00. The van der Waals surface area contributed by atoms with Crippen molar-refractivity contribution < 1.29 is 23.4 Å². The van der Waals surface area contributed by atoms with Gasteiger partial charge in [0.05, 0.1) is 27.5 Å². The fraction of sp³-hybridized carbons (Fsp3) is 0.370. The van der Waals surface area contributed by atoms with Gasteiger partial charge < -0.3 is 19.7 Å². The second kappa shape index (κ2) is 11.9. The molecule has 0 aliphatic carbocycles. The summed E-state index contributed by atoms with van der Waals surface area (Å²) in [4.78, 5) is 34.3. The van der Waals surface area contributed by atoms with Crippen molar-refractivity contribution in [1.29, 1.82) is 0 Å². The molecular weight excluding hydrogens is 576 g/mol. The lowest BCUT2D eigenvalue weighted by Crippen LogP contribution is -2.44. The first-order valence-electron chi connectivity index (χ1n) is 12.9. The molecule has 3 aromatic rings. The lowest BCUT2D eigenvalue weighted by atomic mass is 10.1. The Morgan fingerprint density at radius 3 is 2.55 bits per heavy atom. The number of nitrogens with zero attached hydrogens (tertiary/aromatic N) is 4. The van der Waals surface area contributed by atoms with Crippen LogP contribution in [0.5, 0.6) is 5.75 Å². The Morgan fingerprint density at radius 2 is 1.80 bits per heavy atom. The zero-order valence-corrected chi connectivity index (χ0v) is 23.9. The highest BCUT2D eigenvalue weighted by atomic mass is 35.5. The van der Waals surface area contributed by atoms with Gasteiger partial charge >= 0.3 is 5.56 Å². The van der Waals surface area contributed by atoms with Gasteiger partial charge in [-0.05, 0) is 37.1 Å². The number of amides is 1. The standard InChI is InChI=1S/C27H29ClN4O6S2/c28-19-9-4-5-11-21(19)39-17-22(33)31-12-6-10-20(31)25-29-26(35)24(34)23-27(36)30(13-14-32(23)25)15-16-40(37,38)18-7-2-1-3-8-18/h1-5,7-9,11,20,27,34,36H,6,10,12-17H2/t20-,27?/m0/s1. The fourth-order valence-electron chi connectivity index (χ4n) is 5.19. The molecule has 0 spiro atoms. The van der Waals surface area contributed by atoms with Crippen LogP contribution in [0.4, 0.5) is 0 Å². The molecule has 5 rings (SSSR count). The summed E-state index contributed by atoms with van der Waals surface area (Å²) < 4.78 is 27.1. The number of hydrogen-bond acceptors (Lipinski definition) is 9. The zero-order chi connectivity index (χ0) is 28.4. The number of aliphatic hydroxyl groups excluding tert-OH is 1. The van der Waals surface area contributed by atoms with Crippen LogP contribution < -0.4 is 5.56 Å². The van der Waals surface area contributed by atoms with Crippen molar-refractivity contribution in [3.63, 3.8) is 0 Å². The smallest absolute Gasteiger partial charge is 0.315 e. The molecule has 40 heavy (non-hydrogen) atoms. The summed E-state index contributed by atoms with van der Waals surface area (Å²) in [7, 11) is -3.60. The number of rotatable bonds is 8. The molecule has 0 bridgehead atoms. The fourth-order valence-corrected chi connectivity index (χ4v) is 7.60. The summed E-state index contributed by atoms with van der Waals surface area (Å²) in [5.41, 5.74) is -0.938. The first-order chi connectivity index (χ1) is 19.2. The van der Waals surface area contributed by atoms with E-state index in [1.165, 1.54) is 28.8 Å². The van der Waals surface area contributed by atoms with Gasteiger partial charge in [0.25, 0.3) is 0 Å². The van der Waals surface area contributed by atoms with E-state index in [1.54, 1.807) is 33.7 Å². The van der Waals surface area contributed by atoms with Crippen LogP contribution in [0.1, 0.15) is 36.6 Å². The number of carbonyl (C=O) groups is 1. The quantitative estimate of drug-likeness (QED) is 0.372. The molecule has 2 N–H and O–H groups in total. The largest absolute Gasteiger partial charge is 0.502 e. The third-order valence-electron chi connectivity index (χ3n) is 7.24. The lowest BCUT2D eigenvalue weighted by molar-refractivity contribution is -0.129. The summed E-state index contributed by atoms with van der Waals surface area (Å²) in [5, 5.41) is 22.3. The molecule has 1 aromatic heterocycles. The number of hydrogen-bond donors (Lipinski definition) is 2. The first-order valence-corrected chi connectivity index (χ1v) is 15.9. The molecule has 1 saturated heterocycles. The molecule has 3 heterocycles. The summed E-state index contributed by atoms with van der Waals surface area (Å²) in [6.45, 7) is 1.00. The average Bonchev–Trinajstić information content (AvgIpc) is 3.44. The van der Waals surface area contributed by atoms with E-state index in [0.29, 0.717) is 30.2 Å². The summed E-state index contributed by atoms with van der Waals surface area (Å²) >= 11 is 7.56. The molecule has 2 aromatic carbocycles. The van der Waals surface area contributed by atoms with Crippen molar-refractivity contribution in [3.8, 4) is 5.75 Å². The van der Waals surface area contributed by atoms with Gasteiger partial charge in [-0.2, -0.15) is 4.98 Å². The minimum Gasteiger partial charge on any atom is -0.502 e. The Hall–Kier alpha value is -2.90. The highest BCUT2D eigenvalue weighted by Gasteiger charge is 2.38. The van der Waals surface area contributed by atoms with E-state index in [-0.39, 0.29) is 47.6 Å². The second-order valence-corrected chi connectivity index (χ2v) is 13.2. The maximum atomic E-state index is 13.2. The van der Waals surface area contributed by atoms with E-state index < -0.39 is 33.4 Å². The predicted octanol–water partition coefficient (Wildman–Crippen LogP) is 2.84. The Balaban J connectivity index is 1.35. The van der Waals surface area contributed by atoms with Gasteiger partial charge in [-0.1, -0.05) is 41.9 Å². The number of fused-ring (bicyclic) bond motifs is 1. The predicted molar refractivity (Wildman–Crippen MR) is 151 cm³/mol. The van der Waals surface area contributed by atoms with Gasteiger partial charge in [0.1, 0.15) is 11.5 Å². The van der Waals surface area contributed by atoms with E-state index >= 15 is 0 Å². The number of benzene rings is 2. The van der Waals surface area contributed by atoms with Crippen LogP contribution in [0.25, 0.3) is 0 Å². The Kier molecular flexibility index (Phi) is 8.52. The normalized spacial score (nSPS) is 19.5. The molecule has 2 atom stereocenters. The zero-order valence-electron chi connectivity index (χ0n) is 21.5. The lowest BCUT2D eigenvalue weighted by Gasteiger charge is -2.37. The molecule has 212 valence electrons. The van der Waals surface area contributed by atoms with Crippen LogP contribution in [0, 0.1) is 0 Å². The van der Waals surface area contributed by atoms with Crippen LogP contribution >= 0.6 is 23.4 Å².